The maximum absolute atomic E-state index is 5.03. The van der Waals surface area contributed by atoms with Gasteiger partial charge in [0.2, 0.25) is 0 Å². The number of benzene rings is 9. The van der Waals surface area contributed by atoms with Crippen LogP contribution in [0.15, 0.2) is 182 Å². The molecule has 250 valence electrons. The Balaban J connectivity index is 1.01. The zero-order chi connectivity index (χ0) is 35.6. The second kappa shape index (κ2) is 12.1. The number of hydrogen-bond donors (Lipinski definition) is 0. The van der Waals surface area contributed by atoms with Crippen LogP contribution in [0.2, 0.25) is 0 Å². The molecule has 0 spiro atoms. The average Bonchev–Trinajstić information content (AvgIpc) is 3.26. The second-order valence-corrected chi connectivity index (χ2v) is 13.9. The number of fused-ring (bicyclic) bond motifs is 10. The molecule has 0 N–H and O–H groups in total. The number of pyridine rings is 1. The molecule has 0 bridgehead atoms. The Kier molecular flexibility index (Phi) is 6.82. The predicted molar refractivity (Wildman–Crippen MR) is 224 cm³/mol. The fourth-order valence-electron chi connectivity index (χ4n) is 8.01. The van der Waals surface area contributed by atoms with Gasteiger partial charge in [0, 0.05) is 22.7 Å². The first-order chi connectivity index (χ1) is 26.7. The first kappa shape index (κ1) is 30.3. The Labute approximate surface area is 311 Å². The van der Waals surface area contributed by atoms with Crippen molar-refractivity contribution in [2.24, 2.45) is 0 Å². The van der Waals surface area contributed by atoms with Crippen LogP contribution in [0.25, 0.3) is 110 Å². The second-order valence-electron chi connectivity index (χ2n) is 13.9. The topological polar surface area (TPSA) is 51.6 Å². The van der Waals surface area contributed by atoms with Crippen molar-refractivity contribution in [2.75, 3.05) is 0 Å². The Bertz CT molecular complexity index is 3240. The quantitative estimate of drug-likeness (QED) is 0.173. The molecule has 0 aliphatic carbocycles. The van der Waals surface area contributed by atoms with E-state index in [1.165, 1.54) is 54.2 Å². The fourth-order valence-corrected chi connectivity index (χ4v) is 8.01. The molecule has 0 unspecified atom stereocenters. The van der Waals surface area contributed by atoms with Crippen molar-refractivity contribution >= 4 is 64.6 Å². The number of rotatable bonds is 4. The van der Waals surface area contributed by atoms with Crippen molar-refractivity contribution in [1.29, 1.82) is 0 Å². The van der Waals surface area contributed by atoms with E-state index in [9.17, 15) is 0 Å². The average molecular weight is 687 g/mol. The van der Waals surface area contributed by atoms with Gasteiger partial charge in [-0.15, -0.1) is 0 Å². The van der Waals surface area contributed by atoms with E-state index in [-0.39, 0.29) is 0 Å². The molecule has 54 heavy (non-hydrogen) atoms. The molecule has 0 saturated carbocycles. The molecule has 0 radical (unpaired) electrons. The van der Waals surface area contributed by atoms with Gasteiger partial charge in [-0.1, -0.05) is 152 Å². The summed E-state index contributed by atoms with van der Waals surface area (Å²) < 4.78 is 0. The lowest BCUT2D eigenvalue weighted by Crippen LogP contribution is -2.01. The Morgan fingerprint density at radius 1 is 0.259 bits per heavy atom. The molecule has 11 aromatic rings. The summed E-state index contributed by atoms with van der Waals surface area (Å²) in [6.07, 6.45) is 1.94. The van der Waals surface area contributed by atoms with E-state index in [2.05, 4.69) is 146 Å². The molecule has 0 amide bonds. The van der Waals surface area contributed by atoms with E-state index in [0.717, 1.165) is 32.7 Å². The maximum atomic E-state index is 5.03. The Hall–Kier alpha value is -7.30. The third kappa shape index (κ3) is 5.00. The Morgan fingerprint density at radius 3 is 1.50 bits per heavy atom. The van der Waals surface area contributed by atoms with E-state index in [1.807, 2.05) is 36.5 Å². The minimum atomic E-state index is 0.543. The van der Waals surface area contributed by atoms with Crippen molar-refractivity contribution in [3.05, 3.63) is 182 Å². The summed E-state index contributed by atoms with van der Waals surface area (Å²) in [5, 5.41) is 14.5. The summed E-state index contributed by atoms with van der Waals surface area (Å²) in [5.74, 6) is 1.77. The summed E-state index contributed by atoms with van der Waals surface area (Å²) in [6, 6.07) is 62.3. The van der Waals surface area contributed by atoms with Gasteiger partial charge in [0.1, 0.15) is 5.69 Å². The normalized spacial score (nSPS) is 11.7. The van der Waals surface area contributed by atoms with Crippen LogP contribution in [-0.2, 0) is 0 Å². The van der Waals surface area contributed by atoms with Crippen LogP contribution in [0.4, 0.5) is 0 Å². The highest BCUT2D eigenvalue weighted by molar-refractivity contribution is 6.25. The number of hydrogen-bond acceptors (Lipinski definition) is 4. The minimum absolute atomic E-state index is 0.543. The molecule has 0 aliphatic rings. The summed E-state index contributed by atoms with van der Waals surface area (Å²) in [6.45, 7) is 0. The van der Waals surface area contributed by atoms with Gasteiger partial charge in [-0.25, -0.2) is 15.0 Å². The fraction of sp³-hybridized carbons (Fsp3) is 0. The summed E-state index contributed by atoms with van der Waals surface area (Å²) >= 11 is 0. The summed E-state index contributed by atoms with van der Waals surface area (Å²) in [5.41, 5.74) is 4.93. The van der Waals surface area contributed by atoms with E-state index in [0.29, 0.717) is 23.2 Å². The molecule has 0 aliphatic heterocycles. The minimum Gasteiger partial charge on any atom is -0.252 e. The SMILES string of the molecule is c1ccc(-c2nc(-c3ccc4cc(-c5ccc6c7ccccc7c7ccccc7c6c5)ccc4c3)nc(-c3cc4ccc5ccccc5c4cn3)n2)cc1. The summed E-state index contributed by atoms with van der Waals surface area (Å²) in [4.78, 5) is 19.9. The zero-order valence-corrected chi connectivity index (χ0v) is 29.1. The molecular weight excluding hydrogens is 657 g/mol. The molecule has 11 rings (SSSR count). The molecular formula is C50H30N4. The van der Waals surface area contributed by atoms with Gasteiger partial charge in [-0.05, 0) is 94.6 Å². The van der Waals surface area contributed by atoms with Crippen molar-refractivity contribution in [3.8, 4) is 45.4 Å². The van der Waals surface area contributed by atoms with Crippen molar-refractivity contribution < 1.29 is 0 Å². The first-order valence-electron chi connectivity index (χ1n) is 18.2. The molecule has 0 atom stereocenters. The van der Waals surface area contributed by atoms with Gasteiger partial charge in [-0.3, -0.25) is 4.98 Å². The van der Waals surface area contributed by atoms with Crippen LogP contribution in [0, 0.1) is 0 Å². The molecule has 9 aromatic carbocycles. The van der Waals surface area contributed by atoms with Crippen molar-refractivity contribution in [3.63, 3.8) is 0 Å². The van der Waals surface area contributed by atoms with Crippen LogP contribution in [0.3, 0.4) is 0 Å². The largest absolute Gasteiger partial charge is 0.252 e. The van der Waals surface area contributed by atoms with Gasteiger partial charge >= 0.3 is 0 Å². The summed E-state index contributed by atoms with van der Waals surface area (Å²) in [7, 11) is 0. The zero-order valence-electron chi connectivity index (χ0n) is 29.1. The standard InChI is InChI=1S/C50H30N4/c1-2-11-32(12-3-1)48-52-49(54-50(53-48)47-29-37-22-18-31-10-4-5-13-39(31)46(37)30-51-47)38-23-21-33-26-34(19-20-35(33)27-38)36-24-25-44-42-16-7-6-14-40(42)41-15-8-9-17-43(41)45(44)28-36/h1-30H. The number of aromatic nitrogens is 4. The van der Waals surface area contributed by atoms with Crippen molar-refractivity contribution in [1.82, 2.24) is 19.9 Å². The molecule has 4 nitrogen and oxygen atoms in total. The van der Waals surface area contributed by atoms with E-state index >= 15 is 0 Å². The molecule has 4 heteroatoms. The molecule has 0 saturated heterocycles. The van der Waals surface area contributed by atoms with Crippen LogP contribution in [0.5, 0.6) is 0 Å². The van der Waals surface area contributed by atoms with Crippen LogP contribution in [-0.4, -0.2) is 19.9 Å². The van der Waals surface area contributed by atoms with Crippen LogP contribution < -0.4 is 0 Å². The van der Waals surface area contributed by atoms with Crippen LogP contribution in [0.1, 0.15) is 0 Å². The first-order valence-corrected chi connectivity index (χ1v) is 18.2. The Morgan fingerprint density at radius 2 is 0.759 bits per heavy atom. The van der Waals surface area contributed by atoms with Gasteiger partial charge in [0.05, 0.1) is 0 Å². The van der Waals surface area contributed by atoms with Crippen molar-refractivity contribution in [2.45, 2.75) is 0 Å². The smallest absolute Gasteiger partial charge is 0.182 e. The lowest BCUT2D eigenvalue weighted by atomic mass is 9.91. The van der Waals surface area contributed by atoms with Gasteiger partial charge in [-0.2, -0.15) is 0 Å². The van der Waals surface area contributed by atoms with Gasteiger partial charge in [0.25, 0.3) is 0 Å². The molecule has 2 heterocycles. The van der Waals surface area contributed by atoms with E-state index in [1.54, 1.807) is 0 Å². The monoisotopic (exact) mass is 686 g/mol. The number of nitrogens with zero attached hydrogens (tertiary/aromatic N) is 4. The highest BCUT2D eigenvalue weighted by atomic mass is 15.0. The lowest BCUT2D eigenvalue weighted by Gasteiger charge is -2.12. The van der Waals surface area contributed by atoms with Gasteiger partial charge < -0.3 is 0 Å². The van der Waals surface area contributed by atoms with E-state index in [4.69, 9.17) is 19.9 Å². The molecule has 0 fully saturated rings. The van der Waals surface area contributed by atoms with Crippen LogP contribution >= 0.6 is 0 Å². The third-order valence-corrected chi connectivity index (χ3v) is 10.7. The lowest BCUT2D eigenvalue weighted by molar-refractivity contribution is 1.06. The highest BCUT2D eigenvalue weighted by Gasteiger charge is 2.15. The third-order valence-electron chi connectivity index (χ3n) is 10.7. The molecule has 2 aromatic heterocycles. The highest BCUT2D eigenvalue weighted by Crippen LogP contribution is 2.38. The predicted octanol–water partition coefficient (Wildman–Crippen LogP) is 12.9. The maximum Gasteiger partial charge on any atom is 0.182 e. The van der Waals surface area contributed by atoms with Gasteiger partial charge in [0.15, 0.2) is 17.5 Å². The van der Waals surface area contributed by atoms with E-state index < -0.39 is 0 Å².